The molecule has 116 valence electrons. The Bertz CT molecular complexity index is 468. The van der Waals surface area contributed by atoms with Crippen LogP contribution < -0.4 is 0 Å². The molecule has 21 heavy (non-hydrogen) atoms. The first kappa shape index (κ1) is 17.9. The number of likely N-dealkylation sites (tertiary alicyclic amines) is 1. The average molecular weight is 358 g/mol. The van der Waals surface area contributed by atoms with Gasteiger partial charge in [0.25, 0.3) is 0 Å². The molecule has 0 bridgehead atoms. The molecule has 0 N–H and O–H groups in total. The zero-order valence-electron chi connectivity index (χ0n) is 12.5. The molecule has 0 spiro atoms. The lowest BCUT2D eigenvalue weighted by Crippen LogP contribution is -2.30. The van der Waals surface area contributed by atoms with Crippen molar-refractivity contribution >= 4 is 21.8 Å². The van der Waals surface area contributed by atoms with Gasteiger partial charge in [-0.15, -0.1) is 0 Å². The average Bonchev–Trinajstić information content (AvgIpc) is 2.86. The van der Waals surface area contributed by atoms with Crippen LogP contribution in [0, 0.1) is 11.3 Å². The summed E-state index contributed by atoms with van der Waals surface area (Å²) in [6, 6.07) is 2.21. The zero-order valence-corrected chi connectivity index (χ0v) is 14.1. The highest BCUT2D eigenvalue weighted by atomic mass is 79.9. The van der Waals surface area contributed by atoms with Crippen LogP contribution in [0.3, 0.4) is 0 Å². The number of rotatable bonds is 6. The zero-order chi connectivity index (χ0) is 15.8. The Morgan fingerprint density at radius 1 is 1.71 bits per heavy atom. The maximum Gasteiger partial charge on any atom is 0.231 e. The number of nitrogens with zero attached hydrogens (tertiary/aromatic N) is 3. The molecule has 4 nitrogen and oxygen atoms in total. The molecule has 1 rings (SSSR count). The fraction of sp³-hybridized carbons (Fsp3) is 0.600. The van der Waals surface area contributed by atoms with Gasteiger partial charge in [-0.3, -0.25) is 0 Å². The van der Waals surface area contributed by atoms with Crippen LogP contribution in [-0.4, -0.2) is 41.9 Å². The Balaban J connectivity index is 2.75. The minimum atomic E-state index is 0.0841. The van der Waals surface area contributed by atoms with Gasteiger partial charge in [-0.05, 0) is 26.4 Å². The van der Waals surface area contributed by atoms with E-state index in [1.165, 1.54) is 0 Å². The second kappa shape index (κ2) is 8.96. The third-order valence-corrected chi connectivity index (χ3v) is 3.66. The molecule has 0 saturated carbocycles. The van der Waals surface area contributed by atoms with Crippen molar-refractivity contribution in [2.24, 2.45) is 4.99 Å². The van der Waals surface area contributed by atoms with E-state index < -0.39 is 0 Å². The highest BCUT2D eigenvalue weighted by Crippen LogP contribution is 2.18. The molecule has 1 aliphatic rings. The lowest BCUT2D eigenvalue weighted by molar-refractivity contribution is 0.190. The summed E-state index contributed by atoms with van der Waals surface area (Å²) >= 11 is 3.35. The van der Waals surface area contributed by atoms with E-state index in [4.69, 9.17) is 10.00 Å². The summed E-state index contributed by atoms with van der Waals surface area (Å²) in [6.07, 6.45) is 3.03. The van der Waals surface area contributed by atoms with E-state index in [1.54, 1.807) is 0 Å². The van der Waals surface area contributed by atoms with E-state index in [1.807, 2.05) is 20.0 Å². The molecule has 0 amide bonds. The van der Waals surface area contributed by atoms with Crippen LogP contribution in [0.25, 0.3) is 0 Å². The van der Waals surface area contributed by atoms with Gasteiger partial charge in [0.1, 0.15) is 24.6 Å². The molecule has 1 aliphatic heterocycles. The number of hydrogen-bond acceptors (Lipinski definition) is 4. The molecule has 1 saturated heterocycles. The van der Waals surface area contributed by atoms with Crippen LogP contribution >= 0.6 is 15.9 Å². The van der Waals surface area contributed by atoms with Gasteiger partial charge in [0.15, 0.2) is 0 Å². The summed E-state index contributed by atoms with van der Waals surface area (Å²) in [4.78, 5) is 6.39. The number of nitriles is 1. The number of allylic oxidation sites excluding steroid dienone is 1. The Morgan fingerprint density at radius 2 is 2.43 bits per heavy atom. The Labute approximate surface area is 134 Å². The second-order valence-electron chi connectivity index (χ2n) is 5.18. The van der Waals surface area contributed by atoms with Crippen LogP contribution in [0.4, 0.5) is 4.39 Å². The van der Waals surface area contributed by atoms with Gasteiger partial charge in [0.05, 0.1) is 5.70 Å². The van der Waals surface area contributed by atoms with Gasteiger partial charge in [-0.25, -0.2) is 9.38 Å². The monoisotopic (exact) mass is 357 g/mol. The number of hydrogen-bond donors (Lipinski definition) is 0. The molecule has 0 aromatic rings. The van der Waals surface area contributed by atoms with Crippen molar-refractivity contribution in [1.82, 2.24) is 4.90 Å². The molecule has 0 radical (unpaired) electrons. The van der Waals surface area contributed by atoms with Crippen LogP contribution in [0.1, 0.15) is 26.2 Å². The number of alkyl halides is 1. The van der Waals surface area contributed by atoms with Crippen molar-refractivity contribution in [3.8, 4) is 6.07 Å². The summed E-state index contributed by atoms with van der Waals surface area (Å²) in [5, 5.41) is 8.97. The van der Waals surface area contributed by atoms with Gasteiger partial charge >= 0.3 is 0 Å². The van der Waals surface area contributed by atoms with Crippen LogP contribution in [-0.2, 0) is 4.74 Å². The van der Waals surface area contributed by atoms with E-state index in [0.717, 1.165) is 19.4 Å². The summed E-state index contributed by atoms with van der Waals surface area (Å²) in [6.45, 7) is 6.98. The maximum absolute atomic E-state index is 12.9. The summed E-state index contributed by atoms with van der Waals surface area (Å²) in [7, 11) is 2.04. The van der Waals surface area contributed by atoms with Crippen molar-refractivity contribution in [2.45, 2.75) is 37.1 Å². The number of halogens is 2. The van der Waals surface area contributed by atoms with Gasteiger partial charge in [-0.1, -0.05) is 29.4 Å². The molecule has 0 aromatic heterocycles. The molecule has 0 aliphatic carbocycles. The van der Waals surface area contributed by atoms with E-state index in [2.05, 4.69) is 32.4 Å². The van der Waals surface area contributed by atoms with E-state index in [-0.39, 0.29) is 22.0 Å². The minimum Gasteiger partial charge on any atom is -0.475 e. The van der Waals surface area contributed by atoms with Crippen LogP contribution in [0.5, 0.6) is 0 Å². The highest BCUT2D eigenvalue weighted by Gasteiger charge is 2.22. The first-order valence-corrected chi connectivity index (χ1v) is 7.84. The van der Waals surface area contributed by atoms with Gasteiger partial charge in [-0.2, -0.15) is 5.26 Å². The molecule has 1 heterocycles. The van der Waals surface area contributed by atoms with Crippen molar-refractivity contribution < 1.29 is 9.13 Å². The molecule has 1 fully saturated rings. The summed E-state index contributed by atoms with van der Waals surface area (Å²) < 4.78 is 18.5. The van der Waals surface area contributed by atoms with Crippen LogP contribution in [0.15, 0.2) is 29.2 Å². The number of ether oxygens (including phenoxy) is 1. The first-order chi connectivity index (χ1) is 9.97. The number of aliphatic imine (C=N–C) groups is 1. The van der Waals surface area contributed by atoms with E-state index in [0.29, 0.717) is 25.4 Å². The quantitative estimate of drug-likeness (QED) is 0.316. The normalized spacial score (nSPS) is 22.0. The lowest BCUT2D eigenvalue weighted by atomic mass is 10.2. The molecule has 6 heteroatoms. The first-order valence-electron chi connectivity index (χ1n) is 6.92. The highest BCUT2D eigenvalue weighted by molar-refractivity contribution is 9.09. The fourth-order valence-electron chi connectivity index (χ4n) is 2.13. The fourth-order valence-corrected chi connectivity index (χ4v) is 2.46. The predicted octanol–water partition coefficient (Wildman–Crippen LogP) is 3.56. The second-order valence-corrected chi connectivity index (χ2v) is 6.74. The summed E-state index contributed by atoms with van der Waals surface area (Å²) in [5.74, 6) is 0.106. The molecule has 0 aromatic carbocycles. The van der Waals surface area contributed by atoms with Crippen LogP contribution in [0.2, 0.25) is 0 Å². The van der Waals surface area contributed by atoms with Gasteiger partial charge in [0, 0.05) is 17.3 Å². The van der Waals surface area contributed by atoms with Crippen molar-refractivity contribution in [3.63, 3.8) is 0 Å². The van der Waals surface area contributed by atoms with Gasteiger partial charge < -0.3 is 9.64 Å². The van der Waals surface area contributed by atoms with Crippen molar-refractivity contribution in [2.75, 3.05) is 20.2 Å². The SMILES string of the molecule is C=C(C#N)/C(=N\C(=C/F)CC(C)Br)OC[C@@H]1CCCN1C. The van der Waals surface area contributed by atoms with Crippen molar-refractivity contribution in [1.29, 1.82) is 5.26 Å². The van der Waals surface area contributed by atoms with Crippen molar-refractivity contribution in [3.05, 3.63) is 24.2 Å². The third-order valence-electron chi connectivity index (χ3n) is 3.34. The molecular formula is C15H21BrFN3O. The minimum absolute atomic E-state index is 0.0841. The third kappa shape index (κ3) is 5.98. The predicted molar refractivity (Wildman–Crippen MR) is 86.0 cm³/mol. The molecular weight excluding hydrogens is 337 g/mol. The topological polar surface area (TPSA) is 48.6 Å². The maximum atomic E-state index is 12.9. The molecule has 1 unspecified atom stereocenters. The van der Waals surface area contributed by atoms with E-state index in [9.17, 15) is 4.39 Å². The lowest BCUT2D eigenvalue weighted by Gasteiger charge is -2.20. The van der Waals surface area contributed by atoms with Gasteiger partial charge in [0.2, 0.25) is 5.90 Å². The Morgan fingerprint density at radius 3 is 2.90 bits per heavy atom. The largest absolute Gasteiger partial charge is 0.475 e. The van der Waals surface area contributed by atoms with E-state index >= 15 is 0 Å². The standard InChI is InChI=1S/C15H21BrFN3O/c1-11(9-18)15(19-13(8-17)7-12(2)16)21-10-14-5-4-6-20(14)3/h8,12,14H,1,4-7,10H2,2-3H3/b13-8-,19-15+/t12?,14-/m0/s1. The summed E-state index contributed by atoms with van der Waals surface area (Å²) in [5.41, 5.74) is 0.336. The smallest absolute Gasteiger partial charge is 0.231 e. The molecule has 2 atom stereocenters. The Hall–Kier alpha value is -1.19. The number of likely N-dealkylation sites (N-methyl/N-ethyl adjacent to an activating group) is 1. The Kier molecular flexibility index (Phi) is 7.62.